The van der Waals surface area contributed by atoms with E-state index in [9.17, 15) is 18.0 Å². The van der Waals surface area contributed by atoms with Crippen molar-refractivity contribution in [3.63, 3.8) is 0 Å². The summed E-state index contributed by atoms with van der Waals surface area (Å²) < 4.78 is 33.8. The van der Waals surface area contributed by atoms with Crippen LogP contribution in [-0.4, -0.2) is 60.3 Å². The van der Waals surface area contributed by atoms with Gasteiger partial charge in [0.25, 0.3) is 5.91 Å². The van der Waals surface area contributed by atoms with Gasteiger partial charge < -0.3 is 19.6 Å². The molecule has 2 aromatic heterocycles. The molecule has 2 heterocycles. The molecule has 0 saturated carbocycles. The normalized spacial score (nSPS) is 11.8. The molecule has 2 N–H and O–H groups in total. The van der Waals surface area contributed by atoms with Crippen LogP contribution < -0.4 is 10.6 Å². The lowest BCUT2D eigenvalue weighted by Gasteiger charge is -2.18. The van der Waals surface area contributed by atoms with Crippen LogP contribution in [0.15, 0.2) is 45.9 Å². The highest BCUT2D eigenvalue weighted by Gasteiger charge is 2.22. The molecule has 10 nitrogen and oxygen atoms in total. The molecule has 178 valence electrons. The van der Waals surface area contributed by atoms with Crippen molar-refractivity contribution in [2.75, 3.05) is 26.2 Å². The van der Waals surface area contributed by atoms with Crippen molar-refractivity contribution in [3.05, 3.63) is 48.2 Å². The summed E-state index contributed by atoms with van der Waals surface area (Å²) in [5.74, 6) is 0.398. The Labute approximate surface area is 193 Å². The van der Waals surface area contributed by atoms with Gasteiger partial charge in [0.15, 0.2) is 5.76 Å². The number of amides is 2. The second-order valence-electron chi connectivity index (χ2n) is 7.41. The first-order valence-corrected chi connectivity index (χ1v) is 12.3. The first-order chi connectivity index (χ1) is 15.8. The minimum atomic E-state index is -3.57. The average molecular weight is 476 g/mol. The summed E-state index contributed by atoms with van der Waals surface area (Å²) in [6, 6.07) is 8.10. The molecule has 3 aromatic rings. The number of imidazole rings is 1. The monoisotopic (exact) mass is 475 g/mol. The molecule has 3 rings (SSSR count). The van der Waals surface area contributed by atoms with E-state index in [1.165, 1.54) is 10.6 Å². The number of hydrogen-bond acceptors (Lipinski definition) is 6. The first-order valence-electron chi connectivity index (χ1n) is 10.8. The summed E-state index contributed by atoms with van der Waals surface area (Å²) in [6.07, 6.45) is 2.03. The van der Waals surface area contributed by atoms with Crippen LogP contribution in [0.1, 0.15) is 36.6 Å². The molecule has 0 spiro atoms. The number of aromatic nitrogens is 2. The Kier molecular flexibility index (Phi) is 7.88. The predicted molar refractivity (Wildman–Crippen MR) is 123 cm³/mol. The topological polar surface area (TPSA) is 127 Å². The number of fused-ring (bicyclic) bond motifs is 1. The molecule has 0 unspecified atom stereocenters. The Morgan fingerprint density at radius 3 is 2.52 bits per heavy atom. The second kappa shape index (κ2) is 10.6. The van der Waals surface area contributed by atoms with Gasteiger partial charge in [-0.3, -0.25) is 9.59 Å². The Bertz CT molecular complexity index is 1210. The molecule has 0 aliphatic carbocycles. The number of sulfonamides is 1. The van der Waals surface area contributed by atoms with Crippen LogP contribution in [0.5, 0.6) is 0 Å². The molecule has 0 bridgehead atoms. The van der Waals surface area contributed by atoms with Crippen LogP contribution in [0.3, 0.4) is 0 Å². The highest BCUT2D eigenvalue weighted by Crippen LogP contribution is 2.22. The van der Waals surface area contributed by atoms with Gasteiger partial charge in [-0.15, -0.1) is 0 Å². The van der Waals surface area contributed by atoms with Crippen LogP contribution in [-0.2, 0) is 28.3 Å². The average Bonchev–Trinajstić information content (AvgIpc) is 3.44. The van der Waals surface area contributed by atoms with Gasteiger partial charge in [0, 0.05) is 46.1 Å². The smallest absolute Gasteiger partial charge is 0.287 e. The molecular weight excluding hydrogens is 446 g/mol. The minimum Gasteiger partial charge on any atom is -0.459 e. The van der Waals surface area contributed by atoms with Gasteiger partial charge in [0.2, 0.25) is 15.9 Å². The van der Waals surface area contributed by atoms with Crippen molar-refractivity contribution in [1.29, 1.82) is 0 Å². The number of nitrogens with zero attached hydrogens (tertiary/aromatic N) is 3. The zero-order chi connectivity index (χ0) is 24.0. The molecule has 1 aromatic carbocycles. The van der Waals surface area contributed by atoms with E-state index in [0.717, 1.165) is 5.52 Å². The van der Waals surface area contributed by atoms with Crippen molar-refractivity contribution < 1.29 is 22.4 Å². The number of nitrogens with one attached hydrogen (secondary N) is 2. The highest BCUT2D eigenvalue weighted by molar-refractivity contribution is 7.89. The summed E-state index contributed by atoms with van der Waals surface area (Å²) in [7, 11) is -1.73. The number of benzene rings is 1. The minimum absolute atomic E-state index is 0.167. The molecular formula is C22H29N5O5S. The van der Waals surface area contributed by atoms with Crippen LogP contribution >= 0.6 is 0 Å². The third-order valence-electron chi connectivity index (χ3n) is 5.34. The van der Waals surface area contributed by atoms with E-state index < -0.39 is 10.0 Å². The summed E-state index contributed by atoms with van der Waals surface area (Å²) in [4.78, 5) is 28.7. The highest BCUT2D eigenvalue weighted by atomic mass is 32.2. The zero-order valence-corrected chi connectivity index (χ0v) is 19.8. The van der Waals surface area contributed by atoms with Crippen molar-refractivity contribution in [2.45, 2.75) is 31.6 Å². The number of carbonyl (C=O) groups excluding carboxylic acids is 2. The number of aryl methyl sites for hydroxylation is 2. The van der Waals surface area contributed by atoms with E-state index in [2.05, 4.69) is 15.6 Å². The first kappa shape index (κ1) is 24.5. The summed E-state index contributed by atoms with van der Waals surface area (Å²) >= 11 is 0. The van der Waals surface area contributed by atoms with Crippen LogP contribution in [0.2, 0.25) is 0 Å². The van der Waals surface area contributed by atoms with Gasteiger partial charge in [-0.25, -0.2) is 13.4 Å². The molecule has 2 amide bonds. The fraction of sp³-hybridized carbons (Fsp3) is 0.409. The Morgan fingerprint density at radius 2 is 1.85 bits per heavy atom. The van der Waals surface area contributed by atoms with Gasteiger partial charge in [0.05, 0.1) is 22.2 Å². The molecule has 33 heavy (non-hydrogen) atoms. The van der Waals surface area contributed by atoms with Gasteiger partial charge in [-0.1, -0.05) is 13.8 Å². The Hall–Kier alpha value is -3.18. The second-order valence-corrected chi connectivity index (χ2v) is 9.35. The van der Waals surface area contributed by atoms with Gasteiger partial charge in [-0.05, 0) is 30.3 Å². The van der Waals surface area contributed by atoms with Gasteiger partial charge >= 0.3 is 0 Å². The van der Waals surface area contributed by atoms with Crippen LogP contribution in [0.4, 0.5) is 0 Å². The summed E-state index contributed by atoms with van der Waals surface area (Å²) in [5.41, 5.74) is 1.37. The maximum Gasteiger partial charge on any atom is 0.287 e. The summed E-state index contributed by atoms with van der Waals surface area (Å²) in [5, 5.41) is 5.41. The number of carbonyl (C=O) groups is 2. The Morgan fingerprint density at radius 1 is 1.12 bits per heavy atom. The van der Waals surface area contributed by atoms with Gasteiger partial charge in [-0.2, -0.15) is 4.31 Å². The maximum absolute atomic E-state index is 12.8. The van der Waals surface area contributed by atoms with Crippen LogP contribution in [0, 0.1) is 0 Å². The Balaban J connectivity index is 1.56. The molecule has 0 aliphatic rings. The summed E-state index contributed by atoms with van der Waals surface area (Å²) in [6.45, 7) is 4.97. The molecule has 0 radical (unpaired) electrons. The molecule has 0 fully saturated rings. The molecule has 11 heteroatoms. The van der Waals surface area contributed by atoms with E-state index in [0.29, 0.717) is 37.4 Å². The predicted octanol–water partition coefficient (Wildman–Crippen LogP) is 1.68. The van der Waals surface area contributed by atoms with E-state index >= 15 is 0 Å². The quantitative estimate of drug-likeness (QED) is 0.406. The van der Waals surface area contributed by atoms with E-state index in [4.69, 9.17) is 4.42 Å². The van der Waals surface area contributed by atoms with E-state index in [1.807, 2.05) is 11.6 Å². The molecule has 0 saturated heterocycles. The van der Waals surface area contributed by atoms with Crippen molar-refractivity contribution in [2.24, 2.45) is 7.05 Å². The van der Waals surface area contributed by atoms with E-state index in [1.54, 1.807) is 44.2 Å². The maximum atomic E-state index is 12.8. The lowest BCUT2D eigenvalue weighted by atomic mass is 10.3. The molecule has 0 aliphatic heterocycles. The largest absolute Gasteiger partial charge is 0.459 e. The third kappa shape index (κ3) is 5.60. The van der Waals surface area contributed by atoms with Gasteiger partial charge in [0.1, 0.15) is 5.82 Å². The molecule has 0 atom stereocenters. The van der Waals surface area contributed by atoms with Crippen LogP contribution in [0.25, 0.3) is 11.0 Å². The lowest BCUT2D eigenvalue weighted by molar-refractivity contribution is -0.121. The van der Waals surface area contributed by atoms with Crippen molar-refractivity contribution in [1.82, 2.24) is 24.5 Å². The van der Waals surface area contributed by atoms with Crippen molar-refractivity contribution in [3.8, 4) is 0 Å². The van der Waals surface area contributed by atoms with Crippen molar-refractivity contribution >= 4 is 32.9 Å². The number of furan rings is 1. The van der Waals surface area contributed by atoms with E-state index in [-0.39, 0.29) is 35.4 Å². The number of rotatable bonds is 11. The standard InChI is InChI=1S/C22H29N5O5S/c1-4-27(5-2)33(30,31)16-8-9-18-17(15-16)25-20(26(18)3)10-11-21(28)23-12-13-24-22(29)19-7-6-14-32-19/h6-9,14-15H,4-5,10-13H2,1-3H3,(H,23,28)(H,24,29). The lowest BCUT2D eigenvalue weighted by Crippen LogP contribution is -2.34. The fourth-order valence-corrected chi connectivity index (χ4v) is 4.99. The number of hydrogen-bond donors (Lipinski definition) is 2. The zero-order valence-electron chi connectivity index (χ0n) is 19.0. The fourth-order valence-electron chi connectivity index (χ4n) is 3.51. The third-order valence-corrected chi connectivity index (χ3v) is 7.39. The SMILES string of the molecule is CCN(CC)S(=O)(=O)c1ccc2c(c1)nc(CCC(=O)NCCNC(=O)c1ccco1)n2C.